The van der Waals surface area contributed by atoms with Crippen LogP contribution in [0.2, 0.25) is 0 Å². The van der Waals surface area contributed by atoms with Gasteiger partial charge in [0.2, 0.25) is 0 Å². The topological polar surface area (TPSA) is 72.6 Å². The summed E-state index contributed by atoms with van der Waals surface area (Å²) in [6, 6.07) is 4.73. The molecule has 1 aliphatic rings. The second-order valence-electron chi connectivity index (χ2n) is 4.75. The van der Waals surface area contributed by atoms with E-state index in [1.807, 2.05) is 13.0 Å². The first-order valence-corrected chi connectivity index (χ1v) is 6.29. The highest BCUT2D eigenvalue weighted by atomic mass is 16.5. The molecule has 1 heterocycles. The molecule has 102 valence electrons. The van der Waals surface area contributed by atoms with Crippen molar-refractivity contribution >= 4 is 17.6 Å². The molecule has 1 saturated heterocycles. The Morgan fingerprint density at radius 3 is 2.79 bits per heavy atom. The van der Waals surface area contributed by atoms with Crippen molar-refractivity contribution < 1.29 is 14.3 Å². The lowest BCUT2D eigenvalue weighted by Gasteiger charge is -2.22. The molecule has 1 aliphatic heterocycles. The minimum Gasteiger partial charge on any atom is -0.467 e. The van der Waals surface area contributed by atoms with E-state index in [4.69, 9.17) is 10.5 Å². The van der Waals surface area contributed by atoms with Gasteiger partial charge < -0.3 is 15.4 Å². The van der Waals surface area contributed by atoms with Crippen LogP contribution in [-0.2, 0) is 9.53 Å². The van der Waals surface area contributed by atoms with Crippen LogP contribution >= 0.6 is 0 Å². The first-order valence-electron chi connectivity index (χ1n) is 6.29. The zero-order valence-electron chi connectivity index (χ0n) is 11.2. The number of rotatable bonds is 2. The van der Waals surface area contributed by atoms with Crippen LogP contribution in [0.3, 0.4) is 0 Å². The molecule has 2 N–H and O–H groups in total. The van der Waals surface area contributed by atoms with Gasteiger partial charge in [-0.3, -0.25) is 4.79 Å². The average molecular weight is 262 g/mol. The highest BCUT2D eigenvalue weighted by molar-refractivity contribution is 5.98. The predicted octanol–water partition coefficient (Wildman–Crippen LogP) is 1.35. The molecule has 0 radical (unpaired) electrons. The van der Waals surface area contributed by atoms with Crippen LogP contribution in [0.1, 0.15) is 28.8 Å². The molecule has 1 aromatic carbocycles. The molecule has 19 heavy (non-hydrogen) atoms. The van der Waals surface area contributed by atoms with E-state index in [9.17, 15) is 9.59 Å². The number of carbonyl (C=O) groups is 2. The second-order valence-corrected chi connectivity index (χ2v) is 4.75. The molecule has 0 spiro atoms. The fraction of sp³-hybridized carbons (Fsp3) is 0.429. The van der Waals surface area contributed by atoms with Gasteiger partial charge in [0, 0.05) is 17.8 Å². The summed E-state index contributed by atoms with van der Waals surface area (Å²) in [6.45, 7) is 2.46. The monoisotopic (exact) mass is 262 g/mol. The maximum Gasteiger partial charge on any atom is 0.328 e. The van der Waals surface area contributed by atoms with Crippen molar-refractivity contribution in [2.45, 2.75) is 25.8 Å². The number of benzene rings is 1. The molecule has 5 nitrogen and oxygen atoms in total. The Bertz CT molecular complexity index is 513. The third kappa shape index (κ3) is 2.54. The Balaban J connectivity index is 2.23. The van der Waals surface area contributed by atoms with Crippen molar-refractivity contribution in [3.63, 3.8) is 0 Å². The summed E-state index contributed by atoms with van der Waals surface area (Å²) in [5.41, 5.74) is 7.84. The van der Waals surface area contributed by atoms with Gasteiger partial charge in [-0.2, -0.15) is 0 Å². The van der Waals surface area contributed by atoms with Gasteiger partial charge in [0.05, 0.1) is 7.11 Å². The molecule has 0 aliphatic carbocycles. The fourth-order valence-corrected chi connectivity index (χ4v) is 2.33. The van der Waals surface area contributed by atoms with Crippen molar-refractivity contribution in [3.05, 3.63) is 29.3 Å². The van der Waals surface area contributed by atoms with Crippen molar-refractivity contribution in [2.24, 2.45) is 0 Å². The zero-order chi connectivity index (χ0) is 14.0. The first-order chi connectivity index (χ1) is 9.04. The standard InChI is InChI=1S/C14H18N2O3/c1-9-5-6-10(8-11(9)15)13(17)16-7-3-4-12(16)14(18)19-2/h5-6,8,12H,3-4,7,15H2,1-2H3. The Kier molecular flexibility index (Phi) is 3.74. The van der Waals surface area contributed by atoms with Crippen LogP contribution in [0, 0.1) is 6.92 Å². The number of hydrogen-bond donors (Lipinski definition) is 1. The summed E-state index contributed by atoms with van der Waals surface area (Å²) in [5, 5.41) is 0. The van der Waals surface area contributed by atoms with Crippen molar-refractivity contribution in [1.29, 1.82) is 0 Å². The molecule has 1 unspecified atom stereocenters. The smallest absolute Gasteiger partial charge is 0.328 e. The van der Waals surface area contributed by atoms with E-state index >= 15 is 0 Å². The van der Waals surface area contributed by atoms with E-state index in [1.165, 1.54) is 7.11 Å². The highest BCUT2D eigenvalue weighted by Crippen LogP contribution is 2.22. The minimum absolute atomic E-state index is 0.167. The van der Waals surface area contributed by atoms with Gasteiger partial charge in [0.25, 0.3) is 5.91 Å². The Hall–Kier alpha value is -2.04. The van der Waals surface area contributed by atoms with E-state index in [0.29, 0.717) is 24.2 Å². The summed E-state index contributed by atoms with van der Waals surface area (Å²) in [5.74, 6) is -0.523. The third-order valence-corrected chi connectivity index (χ3v) is 3.51. The number of aryl methyl sites for hydroxylation is 1. The molecule has 1 aromatic rings. The summed E-state index contributed by atoms with van der Waals surface area (Å²) in [4.78, 5) is 25.6. The number of amides is 1. The third-order valence-electron chi connectivity index (χ3n) is 3.51. The molecule has 1 atom stereocenters. The van der Waals surface area contributed by atoms with Crippen LogP contribution in [0.15, 0.2) is 18.2 Å². The van der Waals surface area contributed by atoms with Crippen LogP contribution in [0.25, 0.3) is 0 Å². The van der Waals surface area contributed by atoms with Crippen LogP contribution in [-0.4, -0.2) is 36.5 Å². The van der Waals surface area contributed by atoms with Crippen LogP contribution in [0.4, 0.5) is 5.69 Å². The van der Waals surface area contributed by atoms with Crippen LogP contribution in [0.5, 0.6) is 0 Å². The molecular weight excluding hydrogens is 244 g/mol. The van der Waals surface area contributed by atoms with E-state index in [-0.39, 0.29) is 11.9 Å². The summed E-state index contributed by atoms with van der Waals surface area (Å²) in [7, 11) is 1.34. The number of hydrogen-bond acceptors (Lipinski definition) is 4. The van der Waals surface area contributed by atoms with Crippen LogP contribution < -0.4 is 5.73 Å². The maximum absolute atomic E-state index is 12.4. The number of likely N-dealkylation sites (tertiary alicyclic amines) is 1. The summed E-state index contributed by atoms with van der Waals surface area (Å²) < 4.78 is 4.74. The van der Waals surface area contributed by atoms with Crippen molar-refractivity contribution in [3.8, 4) is 0 Å². The number of nitrogen functional groups attached to an aromatic ring is 1. The van der Waals surface area contributed by atoms with E-state index < -0.39 is 6.04 Å². The molecular formula is C14H18N2O3. The lowest BCUT2D eigenvalue weighted by Crippen LogP contribution is -2.41. The Labute approximate surface area is 112 Å². The number of nitrogens with zero attached hydrogens (tertiary/aromatic N) is 1. The quantitative estimate of drug-likeness (QED) is 0.645. The molecule has 0 bridgehead atoms. The Morgan fingerprint density at radius 2 is 2.16 bits per heavy atom. The van der Waals surface area contributed by atoms with E-state index in [0.717, 1.165) is 12.0 Å². The number of methoxy groups -OCH3 is 1. The van der Waals surface area contributed by atoms with Gasteiger partial charge in [-0.15, -0.1) is 0 Å². The van der Waals surface area contributed by atoms with Crippen molar-refractivity contribution in [2.75, 3.05) is 19.4 Å². The number of nitrogens with two attached hydrogens (primary N) is 1. The first kappa shape index (κ1) is 13.4. The molecule has 5 heteroatoms. The lowest BCUT2D eigenvalue weighted by molar-refractivity contribution is -0.145. The van der Waals surface area contributed by atoms with Gasteiger partial charge in [-0.05, 0) is 37.5 Å². The minimum atomic E-state index is -0.472. The zero-order valence-corrected chi connectivity index (χ0v) is 11.2. The maximum atomic E-state index is 12.4. The molecule has 0 aromatic heterocycles. The fourth-order valence-electron chi connectivity index (χ4n) is 2.33. The molecule has 1 fully saturated rings. The SMILES string of the molecule is COC(=O)C1CCCN1C(=O)c1ccc(C)c(N)c1. The molecule has 2 rings (SSSR count). The van der Waals surface area contributed by atoms with E-state index in [2.05, 4.69) is 0 Å². The van der Waals surface area contributed by atoms with Gasteiger partial charge in [0.1, 0.15) is 6.04 Å². The van der Waals surface area contributed by atoms with Crippen molar-refractivity contribution in [1.82, 2.24) is 4.90 Å². The number of carbonyl (C=O) groups excluding carboxylic acids is 2. The number of anilines is 1. The normalized spacial score (nSPS) is 18.4. The Morgan fingerprint density at radius 1 is 1.42 bits per heavy atom. The van der Waals surface area contributed by atoms with Gasteiger partial charge in [-0.1, -0.05) is 6.07 Å². The highest BCUT2D eigenvalue weighted by Gasteiger charge is 2.35. The van der Waals surface area contributed by atoms with Gasteiger partial charge in [0.15, 0.2) is 0 Å². The number of esters is 1. The van der Waals surface area contributed by atoms with Gasteiger partial charge >= 0.3 is 5.97 Å². The molecule has 1 amide bonds. The summed E-state index contributed by atoms with van der Waals surface area (Å²) >= 11 is 0. The largest absolute Gasteiger partial charge is 0.467 e. The average Bonchev–Trinajstić information content (AvgIpc) is 2.89. The summed E-state index contributed by atoms with van der Waals surface area (Å²) in [6.07, 6.45) is 1.46. The lowest BCUT2D eigenvalue weighted by atomic mass is 10.1. The number of ether oxygens (including phenoxy) is 1. The second kappa shape index (κ2) is 5.30. The van der Waals surface area contributed by atoms with E-state index in [1.54, 1.807) is 17.0 Å². The molecule has 0 saturated carbocycles. The van der Waals surface area contributed by atoms with Gasteiger partial charge in [-0.25, -0.2) is 4.79 Å². The predicted molar refractivity (Wildman–Crippen MR) is 71.7 cm³/mol.